The van der Waals surface area contributed by atoms with E-state index in [1.807, 2.05) is 0 Å². The van der Waals surface area contributed by atoms with Gasteiger partial charge in [-0.2, -0.15) is 5.10 Å². The Hall–Kier alpha value is -1.93. The maximum atomic E-state index is 13.3. The highest BCUT2D eigenvalue weighted by Gasteiger charge is 2.19. The molecule has 0 radical (unpaired) electrons. The fourth-order valence-electron chi connectivity index (χ4n) is 1.73. The first kappa shape index (κ1) is 14.5. The minimum Gasteiger partial charge on any atom is -0.392 e. The van der Waals surface area contributed by atoms with Gasteiger partial charge in [0.05, 0.1) is 28.6 Å². The Kier molecular flexibility index (Phi) is 3.78. The summed E-state index contributed by atoms with van der Waals surface area (Å²) in [6.45, 7) is 2.77. The molecule has 2 rings (SSSR count). The van der Waals surface area contributed by atoms with Crippen LogP contribution in [-0.4, -0.2) is 23.7 Å². The van der Waals surface area contributed by atoms with Crippen LogP contribution in [0.5, 0.6) is 0 Å². The van der Waals surface area contributed by atoms with E-state index in [-0.39, 0.29) is 10.5 Å². The zero-order valence-corrected chi connectivity index (χ0v) is 11.8. The van der Waals surface area contributed by atoms with Crippen LogP contribution >= 0.6 is 0 Å². The SMILES string of the molecule is Cc1n[nH]c(C)c1NS(=O)(=O)c1ccc(F)c(CO)c1. The van der Waals surface area contributed by atoms with Gasteiger partial charge in [0.15, 0.2) is 0 Å². The Morgan fingerprint density at radius 1 is 1.40 bits per heavy atom. The molecular formula is C12H14FN3O3S. The van der Waals surface area contributed by atoms with Crippen LogP contribution in [-0.2, 0) is 16.6 Å². The fourth-order valence-corrected chi connectivity index (χ4v) is 2.97. The van der Waals surface area contributed by atoms with E-state index in [1.54, 1.807) is 13.8 Å². The van der Waals surface area contributed by atoms with E-state index in [0.717, 1.165) is 18.2 Å². The number of aliphatic hydroxyl groups is 1. The number of hydrogen-bond donors (Lipinski definition) is 3. The summed E-state index contributed by atoms with van der Waals surface area (Å²) in [7, 11) is -3.87. The third-order valence-electron chi connectivity index (χ3n) is 2.86. The third kappa shape index (κ3) is 2.66. The number of halogens is 1. The normalized spacial score (nSPS) is 11.6. The van der Waals surface area contributed by atoms with Crippen LogP contribution in [0.15, 0.2) is 23.1 Å². The monoisotopic (exact) mass is 299 g/mol. The molecule has 0 aliphatic heterocycles. The van der Waals surface area contributed by atoms with Crippen molar-refractivity contribution < 1.29 is 17.9 Å². The molecule has 0 aliphatic rings. The molecule has 1 heterocycles. The minimum atomic E-state index is -3.87. The second-order valence-corrected chi connectivity index (χ2v) is 6.01. The van der Waals surface area contributed by atoms with Gasteiger partial charge in [0.2, 0.25) is 0 Å². The molecule has 0 amide bonds. The number of aromatic amines is 1. The van der Waals surface area contributed by atoms with Crippen LogP contribution in [0.25, 0.3) is 0 Å². The molecule has 0 saturated heterocycles. The van der Waals surface area contributed by atoms with E-state index in [9.17, 15) is 12.8 Å². The standard InChI is InChI=1S/C12H14FN3O3S/c1-7-12(8(2)15-14-7)16-20(18,19)10-3-4-11(13)9(5-10)6-17/h3-5,16-17H,6H2,1-2H3,(H,14,15). The van der Waals surface area contributed by atoms with E-state index >= 15 is 0 Å². The topological polar surface area (TPSA) is 95.1 Å². The van der Waals surface area contributed by atoms with Crippen molar-refractivity contribution in [2.24, 2.45) is 0 Å². The lowest BCUT2D eigenvalue weighted by molar-refractivity contribution is 0.275. The smallest absolute Gasteiger partial charge is 0.262 e. The molecule has 3 N–H and O–H groups in total. The predicted molar refractivity (Wildman–Crippen MR) is 71.2 cm³/mol. The quantitative estimate of drug-likeness (QED) is 0.796. The lowest BCUT2D eigenvalue weighted by Crippen LogP contribution is -2.14. The van der Waals surface area contributed by atoms with E-state index in [2.05, 4.69) is 14.9 Å². The van der Waals surface area contributed by atoms with Crippen LogP contribution in [0.4, 0.5) is 10.1 Å². The second kappa shape index (κ2) is 5.22. The van der Waals surface area contributed by atoms with Crippen molar-refractivity contribution >= 4 is 15.7 Å². The van der Waals surface area contributed by atoms with Gasteiger partial charge in [-0.3, -0.25) is 9.82 Å². The molecule has 0 aliphatic carbocycles. The number of H-pyrrole nitrogens is 1. The molecule has 8 heteroatoms. The maximum absolute atomic E-state index is 13.3. The van der Waals surface area contributed by atoms with Gasteiger partial charge in [0, 0.05) is 5.56 Å². The molecule has 108 valence electrons. The zero-order chi connectivity index (χ0) is 14.9. The van der Waals surface area contributed by atoms with E-state index in [1.165, 1.54) is 0 Å². The minimum absolute atomic E-state index is 0.0755. The molecule has 0 unspecified atom stereocenters. The average molecular weight is 299 g/mol. The number of aromatic nitrogens is 2. The van der Waals surface area contributed by atoms with Gasteiger partial charge in [-0.15, -0.1) is 0 Å². The molecule has 1 aromatic heterocycles. The number of nitrogens with one attached hydrogen (secondary N) is 2. The Bertz CT molecular complexity index is 721. The lowest BCUT2D eigenvalue weighted by Gasteiger charge is -2.09. The third-order valence-corrected chi connectivity index (χ3v) is 4.21. The highest BCUT2D eigenvalue weighted by molar-refractivity contribution is 7.92. The van der Waals surface area contributed by atoms with Crippen LogP contribution in [0.3, 0.4) is 0 Å². The lowest BCUT2D eigenvalue weighted by atomic mass is 10.2. The first-order chi connectivity index (χ1) is 9.35. The van der Waals surface area contributed by atoms with E-state index in [0.29, 0.717) is 17.1 Å². The van der Waals surface area contributed by atoms with Crippen molar-refractivity contribution in [2.75, 3.05) is 4.72 Å². The first-order valence-corrected chi connectivity index (χ1v) is 7.27. The maximum Gasteiger partial charge on any atom is 0.262 e. The molecule has 20 heavy (non-hydrogen) atoms. The Balaban J connectivity index is 2.41. The van der Waals surface area contributed by atoms with Crippen LogP contribution < -0.4 is 4.72 Å². The first-order valence-electron chi connectivity index (χ1n) is 5.79. The van der Waals surface area contributed by atoms with Crippen molar-refractivity contribution in [1.29, 1.82) is 0 Å². The summed E-state index contributed by atoms with van der Waals surface area (Å²) in [6, 6.07) is 3.25. The number of aryl methyl sites for hydroxylation is 2. The number of nitrogens with zero attached hydrogens (tertiary/aromatic N) is 1. The number of aliphatic hydroxyl groups excluding tert-OH is 1. The summed E-state index contributed by atoms with van der Waals surface area (Å²) in [6.07, 6.45) is 0. The van der Waals surface area contributed by atoms with Crippen LogP contribution in [0.2, 0.25) is 0 Å². The van der Waals surface area contributed by atoms with Crippen molar-refractivity contribution in [3.8, 4) is 0 Å². The number of rotatable bonds is 4. The van der Waals surface area contributed by atoms with Gasteiger partial charge < -0.3 is 5.11 Å². The molecule has 6 nitrogen and oxygen atoms in total. The van der Waals surface area contributed by atoms with Crippen molar-refractivity contribution in [3.63, 3.8) is 0 Å². The summed E-state index contributed by atoms with van der Waals surface area (Å²) >= 11 is 0. The molecule has 0 fully saturated rings. The Morgan fingerprint density at radius 2 is 2.10 bits per heavy atom. The van der Waals surface area contributed by atoms with Gasteiger partial charge >= 0.3 is 0 Å². The van der Waals surface area contributed by atoms with E-state index < -0.39 is 22.4 Å². The van der Waals surface area contributed by atoms with Gasteiger partial charge in [0.25, 0.3) is 10.0 Å². The average Bonchev–Trinajstić information content (AvgIpc) is 2.70. The van der Waals surface area contributed by atoms with Gasteiger partial charge in [0.1, 0.15) is 5.82 Å². The van der Waals surface area contributed by atoms with Crippen molar-refractivity contribution in [2.45, 2.75) is 25.3 Å². The summed E-state index contributed by atoms with van der Waals surface area (Å²) in [5.74, 6) is -0.651. The number of sulfonamides is 1. The highest BCUT2D eigenvalue weighted by Crippen LogP contribution is 2.22. The molecule has 0 saturated carbocycles. The molecule has 2 aromatic rings. The largest absolute Gasteiger partial charge is 0.392 e. The Labute approximate surface area is 115 Å². The van der Waals surface area contributed by atoms with Crippen molar-refractivity contribution in [3.05, 3.63) is 41.0 Å². The number of anilines is 1. The Morgan fingerprint density at radius 3 is 2.65 bits per heavy atom. The number of hydrogen-bond acceptors (Lipinski definition) is 4. The molecular weight excluding hydrogens is 285 g/mol. The zero-order valence-electron chi connectivity index (χ0n) is 10.9. The van der Waals surface area contributed by atoms with Crippen LogP contribution in [0.1, 0.15) is 17.0 Å². The molecule has 0 atom stereocenters. The molecule has 0 spiro atoms. The fraction of sp³-hybridized carbons (Fsp3) is 0.250. The van der Waals surface area contributed by atoms with Crippen LogP contribution in [0, 0.1) is 19.7 Å². The summed E-state index contributed by atoms with van der Waals surface area (Å²) in [5.41, 5.74) is 1.37. The summed E-state index contributed by atoms with van der Waals surface area (Å²) in [4.78, 5) is -0.122. The number of benzene rings is 1. The molecule has 1 aromatic carbocycles. The van der Waals surface area contributed by atoms with Gasteiger partial charge in [-0.25, -0.2) is 12.8 Å². The summed E-state index contributed by atoms with van der Waals surface area (Å²) < 4.78 is 40.1. The highest BCUT2D eigenvalue weighted by atomic mass is 32.2. The van der Waals surface area contributed by atoms with E-state index in [4.69, 9.17) is 5.11 Å². The summed E-state index contributed by atoms with van der Waals surface area (Å²) in [5, 5.41) is 15.5. The van der Waals surface area contributed by atoms with Crippen molar-refractivity contribution in [1.82, 2.24) is 10.2 Å². The molecule has 0 bridgehead atoms. The second-order valence-electron chi connectivity index (χ2n) is 4.33. The van der Waals surface area contributed by atoms with Gasteiger partial charge in [-0.1, -0.05) is 0 Å². The predicted octanol–water partition coefficient (Wildman–Crippen LogP) is 1.46. The van der Waals surface area contributed by atoms with Gasteiger partial charge in [-0.05, 0) is 32.0 Å².